The van der Waals surface area contributed by atoms with Crippen LogP contribution < -0.4 is 9.47 Å². The van der Waals surface area contributed by atoms with E-state index in [1.54, 1.807) is 11.3 Å². The molecule has 0 bridgehead atoms. The van der Waals surface area contributed by atoms with Gasteiger partial charge in [0.1, 0.15) is 24.7 Å². The molecule has 0 atom stereocenters. The molecular formula is C27H20O3S. The summed E-state index contributed by atoms with van der Waals surface area (Å²) < 4.78 is 13.4. The third kappa shape index (κ3) is 3.78. The van der Waals surface area contributed by atoms with Gasteiger partial charge in [-0.3, -0.25) is 4.79 Å². The summed E-state index contributed by atoms with van der Waals surface area (Å²) in [4.78, 5) is 12.6. The minimum atomic E-state index is 0.403. The number of ether oxygens (including phenoxy) is 2. The SMILES string of the molecule is O=Cc1ccccc1-c1sc2ccccc2c1OCCOc1cccc2ccccc12. The molecule has 0 radical (unpaired) electrons. The lowest BCUT2D eigenvalue weighted by Crippen LogP contribution is -2.09. The van der Waals surface area contributed by atoms with E-state index in [0.717, 1.165) is 49.1 Å². The van der Waals surface area contributed by atoms with Crippen molar-refractivity contribution in [2.24, 2.45) is 0 Å². The molecule has 0 fully saturated rings. The van der Waals surface area contributed by atoms with E-state index < -0.39 is 0 Å². The molecule has 0 saturated heterocycles. The van der Waals surface area contributed by atoms with E-state index in [9.17, 15) is 4.79 Å². The van der Waals surface area contributed by atoms with Gasteiger partial charge in [0.25, 0.3) is 0 Å². The van der Waals surface area contributed by atoms with Crippen LogP contribution in [-0.2, 0) is 0 Å². The number of fused-ring (bicyclic) bond motifs is 2. The molecule has 0 amide bonds. The molecule has 0 saturated carbocycles. The Morgan fingerprint density at radius 1 is 0.710 bits per heavy atom. The van der Waals surface area contributed by atoms with Crippen molar-refractivity contribution in [2.75, 3.05) is 13.2 Å². The van der Waals surface area contributed by atoms with E-state index in [-0.39, 0.29) is 0 Å². The lowest BCUT2D eigenvalue weighted by atomic mass is 10.1. The summed E-state index contributed by atoms with van der Waals surface area (Å²) in [6.45, 7) is 0.827. The molecule has 0 aliphatic carbocycles. The second-order valence-electron chi connectivity index (χ2n) is 7.14. The number of hydrogen-bond acceptors (Lipinski definition) is 4. The minimum Gasteiger partial charge on any atom is -0.489 e. The molecule has 3 nitrogen and oxygen atoms in total. The average molecular weight is 425 g/mol. The van der Waals surface area contributed by atoms with Crippen molar-refractivity contribution in [3.05, 3.63) is 96.6 Å². The quantitative estimate of drug-likeness (QED) is 0.209. The fraction of sp³-hybridized carbons (Fsp3) is 0.0741. The van der Waals surface area contributed by atoms with E-state index >= 15 is 0 Å². The van der Waals surface area contributed by atoms with Crippen molar-refractivity contribution < 1.29 is 14.3 Å². The van der Waals surface area contributed by atoms with Gasteiger partial charge in [0, 0.05) is 26.6 Å². The highest BCUT2D eigenvalue weighted by molar-refractivity contribution is 7.22. The lowest BCUT2D eigenvalue weighted by molar-refractivity contribution is 0.112. The molecule has 31 heavy (non-hydrogen) atoms. The fourth-order valence-electron chi connectivity index (χ4n) is 3.77. The summed E-state index contributed by atoms with van der Waals surface area (Å²) in [6, 6.07) is 30.0. The van der Waals surface area contributed by atoms with Gasteiger partial charge in [-0.2, -0.15) is 0 Å². The van der Waals surface area contributed by atoms with Crippen LogP contribution in [0.1, 0.15) is 10.4 Å². The van der Waals surface area contributed by atoms with E-state index in [4.69, 9.17) is 9.47 Å². The summed E-state index contributed by atoms with van der Waals surface area (Å²) >= 11 is 1.64. The first kappa shape index (κ1) is 19.3. The van der Waals surface area contributed by atoms with Gasteiger partial charge in [0.15, 0.2) is 6.29 Å². The number of aldehydes is 1. The third-order valence-electron chi connectivity index (χ3n) is 5.22. The molecule has 0 aliphatic rings. The summed E-state index contributed by atoms with van der Waals surface area (Å²) in [6.07, 6.45) is 0.896. The van der Waals surface area contributed by atoms with Gasteiger partial charge >= 0.3 is 0 Å². The Morgan fingerprint density at radius 2 is 1.42 bits per heavy atom. The van der Waals surface area contributed by atoms with Crippen LogP contribution in [0.2, 0.25) is 0 Å². The standard InChI is InChI=1S/C27H20O3S/c28-18-20-9-2-4-12-22(20)27-26(23-13-5-6-15-25(23)31-27)30-17-16-29-24-14-7-10-19-8-1-3-11-21(19)24/h1-15,18H,16-17H2. The molecule has 0 aliphatic heterocycles. The maximum Gasteiger partial charge on any atom is 0.150 e. The largest absolute Gasteiger partial charge is 0.489 e. The second-order valence-corrected chi connectivity index (χ2v) is 8.19. The maximum atomic E-state index is 11.6. The van der Waals surface area contributed by atoms with E-state index in [1.165, 1.54) is 0 Å². The molecule has 4 heteroatoms. The Bertz CT molecular complexity index is 1360. The van der Waals surface area contributed by atoms with Gasteiger partial charge in [0.05, 0.1) is 4.88 Å². The Hall–Kier alpha value is -3.63. The van der Waals surface area contributed by atoms with Crippen LogP contribution in [-0.4, -0.2) is 19.5 Å². The predicted octanol–water partition coefficient (Wildman–Crippen LogP) is 6.99. The topological polar surface area (TPSA) is 35.5 Å². The van der Waals surface area contributed by atoms with Crippen LogP contribution >= 0.6 is 11.3 Å². The predicted molar refractivity (Wildman–Crippen MR) is 128 cm³/mol. The number of carbonyl (C=O) groups excluding carboxylic acids is 1. The van der Waals surface area contributed by atoms with Gasteiger partial charge in [-0.15, -0.1) is 11.3 Å². The maximum absolute atomic E-state index is 11.6. The molecule has 0 N–H and O–H groups in total. The highest BCUT2D eigenvalue weighted by Crippen LogP contribution is 2.45. The van der Waals surface area contributed by atoms with Crippen molar-refractivity contribution in [1.82, 2.24) is 0 Å². The fourth-order valence-corrected chi connectivity index (χ4v) is 4.96. The van der Waals surface area contributed by atoms with Crippen molar-refractivity contribution in [1.29, 1.82) is 0 Å². The molecule has 4 aromatic carbocycles. The lowest BCUT2D eigenvalue weighted by Gasteiger charge is -2.12. The summed E-state index contributed by atoms with van der Waals surface area (Å²) in [7, 11) is 0. The molecule has 5 rings (SSSR count). The summed E-state index contributed by atoms with van der Waals surface area (Å²) in [5, 5.41) is 3.29. The summed E-state index contributed by atoms with van der Waals surface area (Å²) in [5.41, 5.74) is 1.55. The zero-order valence-corrected chi connectivity index (χ0v) is 17.6. The zero-order valence-electron chi connectivity index (χ0n) is 16.8. The Labute approximate surface area is 184 Å². The first-order chi connectivity index (χ1) is 15.3. The van der Waals surface area contributed by atoms with Crippen LogP contribution in [0.3, 0.4) is 0 Å². The number of carbonyl (C=O) groups is 1. The molecule has 1 heterocycles. The second kappa shape index (κ2) is 8.62. The van der Waals surface area contributed by atoms with Gasteiger partial charge < -0.3 is 9.47 Å². The van der Waals surface area contributed by atoms with Crippen molar-refractivity contribution in [3.8, 4) is 21.9 Å². The first-order valence-corrected chi connectivity index (χ1v) is 11.0. The molecule has 0 unspecified atom stereocenters. The first-order valence-electron chi connectivity index (χ1n) is 10.1. The van der Waals surface area contributed by atoms with Crippen LogP contribution in [0.25, 0.3) is 31.3 Å². The zero-order chi connectivity index (χ0) is 21.0. The number of benzene rings is 4. The summed E-state index contributed by atoms with van der Waals surface area (Å²) in [5.74, 6) is 1.65. The smallest absolute Gasteiger partial charge is 0.150 e. The van der Waals surface area contributed by atoms with E-state index in [0.29, 0.717) is 18.8 Å². The molecule has 0 spiro atoms. The van der Waals surface area contributed by atoms with Gasteiger partial charge in [-0.05, 0) is 23.6 Å². The molecule has 5 aromatic rings. The van der Waals surface area contributed by atoms with Crippen LogP contribution in [0, 0.1) is 0 Å². The molecule has 1 aromatic heterocycles. The van der Waals surface area contributed by atoms with E-state index in [2.05, 4.69) is 30.3 Å². The molecular weight excluding hydrogens is 404 g/mol. The Balaban J connectivity index is 1.41. The number of rotatable bonds is 7. The van der Waals surface area contributed by atoms with Crippen LogP contribution in [0.5, 0.6) is 11.5 Å². The number of hydrogen-bond donors (Lipinski definition) is 0. The van der Waals surface area contributed by atoms with Crippen molar-refractivity contribution in [3.63, 3.8) is 0 Å². The van der Waals surface area contributed by atoms with Crippen LogP contribution in [0.15, 0.2) is 91.0 Å². The minimum absolute atomic E-state index is 0.403. The van der Waals surface area contributed by atoms with E-state index in [1.807, 2.05) is 60.7 Å². The highest BCUT2D eigenvalue weighted by Gasteiger charge is 2.17. The van der Waals surface area contributed by atoms with Crippen LogP contribution in [0.4, 0.5) is 0 Å². The normalized spacial score (nSPS) is 11.0. The third-order valence-corrected chi connectivity index (χ3v) is 6.40. The van der Waals surface area contributed by atoms with Crippen molar-refractivity contribution in [2.45, 2.75) is 0 Å². The monoisotopic (exact) mass is 424 g/mol. The van der Waals surface area contributed by atoms with Crippen molar-refractivity contribution >= 4 is 38.5 Å². The van der Waals surface area contributed by atoms with Gasteiger partial charge in [0.2, 0.25) is 0 Å². The van der Waals surface area contributed by atoms with Gasteiger partial charge in [-0.25, -0.2) is 0 Å². The number of thiophene rings is 1. The Kier molecular flexibility index (Phi) is 5.38. The molecule has 152 valence electrons. The van der Waals surface area contributed by atoms with Gasteiger partial charge in [-0.1, -0.05) is 72.8 Å². The Morgan fingerprint density at radius 3 is 2.32 bits per heavy atom. The average Bonchev–Trinajstić information content (AvgIpc) is 3.20. The highest BCUT2D eigenvalue weighted by atomic mass is 32.1.